The van der Waals surface area contributed by atoms with Crippen LogP contribution in [-0.2, 0) is 16.1 Å². The number of hydrogen-bond donors (Lipinski definition) is 2. The molecule has 3 heterocycles. The summed E-state index contributed by atoms with van der Waals surface area (Å²) < 4.78 is 1.68. The fraction of sp³-hybridized carbons (Fsp3) is 0.300. The Bertz CT molecular complexity index is 1390. The summed E-state index contributed by atoms with van der Waals surface area (Å²) in [5, 5.41) is 13.4. The Kier molecular flexibility index (Phi) is 6.80. The minimum atomic E-state index is -0.694. The van der Waals surface area contributed by atoms with Gasteiger partial charge in [0.05, 0.1) is 18.0 Å². The van der Waals surface area contributed by atoms with Crippen molar-refractivity contribution in [3.05, 3.63) is 94.4 Å². The van der Waals surface area contributed by atoms with E-state index in [-0.39, 0.29) is 36.9 Å². The predicted octanol–water partition coefficient (Wildman–Crippen LogP) is 4.09. The van der Waals surface area contributed by atoms with Gasteiger partial charge in [-0.15, -0.1) is 0 Å². The van der Waals surface area contributed by atoms with Crippen LogP contribution in [0.1, 0.15) is 37.6 Å². The lowest BCUT2D eigenvalue weighted by Gasteiger charge is -2.38. The van der Waals surface area contributed by atoms with E-state index in [1.807, 2.05) is 73.7 Å². The molecule has 2 N–H and O–H groups in total. The number of aliphatic hydroxyl groups excluding tert-OH is 1. The zero-order valence-corrected chi connectivity index (χ0v) is 21.0. The van der Waals surface area contributed by atoms with E-state index in [0.29, 0.717) is 16.9 Å². The van der Waals surface area contributed by atoms with Gasteiger partial charge < -0.3 is 19.9 Å². The van der Waals surface area contributed by atoms with E-state index in [9.17, 15) is 19.5 Å². The number of benzene rings is 2. The van der Waals surface area contributed by atoms with Gasteiger partial charge in [-0.2, -0.15) is 0 Å². The third-order valence-corrected chi connectivity index (χ3v) is 7.57. The lowest BCUT2D eigenvalue weighted by Crippen LogP contribution is -2.49. The van der Waals surface area contributed by atoms with Crippen LogP contribution >= 0.6 is 0 Å². The molecule has 2 aliphatic rings. The molecular weight excluding hydrogens is 466 g/mol. The van der Waals surface area contributed by atoms with Crippen molar-refractivity contribution in [2.75, 3.05) is 11.9 Å². The minimum absolute atomic E-state index is 0.0906. The van der Waals surface area contributed by atoms with Crippen molar-refractivity contribution in [3.8, 4) is 11.1 Å². The van der Waals surface area contributed by atoms with Crippen molar-refractivity contribution in [1.29, 1.82) is 0 Å². The number of pyridine rings is 1. The third-order valence-electron chi connectivity index (χ3n) is 7.57. The molecule has 4 atom stereocenters. The first-order valence-corrected chi connectivity index (χ1v) is 12.7. The smallest absolute Gasteiger partial charge is 0.258 e. The average molecular weight is 498 g/mol. The second-order valence-electron chi connectivity index (χ2n) is 9.60. The van der Waals surface area contributed by atoms with Crippen molar-refractivity contribution < 1.29 is 14.7 Å². The summed E-state index contributed by atoms with van der Waals surface area (Å²) in [6, 6.07) is 20.1. The summed E-state index contributed by atoms with van der Waals surface area (Å²) >= 11 is 0. The summed E-state index contributed by atoms with van der Waals surface area (Å²) in [5.74, 6) is -1.55. The molecule has 0 unspecified atom stereocenters. The van der Waals surface area contributed by atoms with Crippen molar-refractivity contribution in [1.82, 2.24) is 9.47 Å². The fourth-order valence-electron chi connectivity index (χ4n) is 5.86. The van der Waals surface area contributed by atoms with Crippen molar-refractivity contribution >= 4 is 23.6 Å². The van der Waals surface area contributed by atoms with Gasteiger partial charge in [0.15, 0.2) is 0 Å². The molecule has 2 aliphatic heterocycles. The molecule has 2 aromatic carbocycles. The second-order valence-corrected chi connectivity index (χ2v) is 9.60. The van der Waals surface area contributed by atoms with Crippen LogP contribution in [0.15, 0.2) is 77.6 Å². The largest absolute Gasteiger partial charge is 0.396 e. The van der Waals surface area contributed by atoms with E-state index in [1.165, 1.54) is 0 Å². The molecule has 3 aromatic rings. The van der Waals surface area contributed by atoms with Gasteiger partial charge in [0.1, 0.15) is 0 Å². The first kappa shape index (κ1) is 24.7. The number of allylic oxidation sites excluding steroid dienone is 1. The van der Waals surface area contributed by atoms with E-state index in [4.69, 9.17) is 0 Å². The van der Waals surface area contributed by atoms with E-state index in [1.54, 1.807) is 28.5 Å². The van der Waals surface area contributed by atoms with Gasteiger partial charge in [-0.1, -0.05) is 61.5 Å². The quantitative estimate of drug-likeness (QED) is 0.537. The SMILES string of the molecule is CC=Cc1ccc2n(c1=O)C[C@H]1[C@H](CO)[C@@H](C(=O)Nc3ccc(-c4ccccc4)cc3)[C@@H]2N1C(=O)CC. The van der Waals surface area contributed by atoms with Crippen LogP contribution in [-0.4, -0.2) is 39.0 Å². The normalized spacial score (nSPS) is 22.2. The third kappa shape index (κ3) is 4.29. The number of aromatic nitrogens is 1. The first-order chi connectivity index (χ1) is 18.0. The lowest BCUT2D eigenvalue weighted by atomic mass is 9.86. The summed E-state index contributed by atoms with van der Waals surface area (Å²) in [6.45, 7) is 3.63. The molecular formula is C30H31N3O4. The fourth-order valence-corrected chi connectivity index (χ4v) is 5.86. The molecule has 0 spiro atoms. The highest BCUT2D eigenvalue weighted by molar-refractivity contribution is 5.95. The number of amides is 2. The summed E-state index contributed by atoms with van der Waals surface area (Å²) in [7, 11) is 0. The Morgan fingerprint density at radius 1 is 1.03 bits per heavy atom. The van der Waals surface area contributed by atoms with Gasteiger partial charge in [0, 0.05) is 42.4 Å². The standard InChI is InChI=1S/C30H31N3O4/c1-3-8-21-13-16-24-28-27(23(18-34)25(17-32(24)30(21)37)33(28)26(35)4-2)29(36)31-22-14-11-20(12-15-22)19-9-6-5-7-10-19/h3,5-16,23,25,27-28,34H,4,17-18H2,1-2H3,(H,31,36)/t23-,25-,27+,28+/m0/s1. The zero-order valence-electron chi connectivity index (χ0n) is 21.0. The predicted molar refractivity (Wildman–Crippen MR) is 144 cm³/mol. The molecule has 1 saturated heterocycles. The van der Waals surface area contributed by atoms with Crippen LogP contribution < -0.4 is 10.9 Å². The van der Waals surface area contributed by atoms with Gasteiger partial charge in [-0.3, -0.25) is 14.4 Å². The van der Waals surface area contributed by atoms with Gasteiger partial charge in [-0.05, 0) is 42.3 Å². The maximum atomic E-state index is 13.7. The van der Waals surface area contributed by atoms with Gasteiger partial charge in [-0.25, -0.2) is 0 Å². The molecule has 7 nitrogen and oxygen atoms in total. The van der Waals surface area contributed by atoms with Crippen molar-refractivity contribution in [2.24, 2.45) is 11.8 Å². The Morgan fingerprint density at radius 3 is 2.38 bits per heavy atom. The summed E-state index contributed by atoms with van der Waals surface area (Å²) in [4.78, 5) is 41.8. The number of rotatable bonds is 6. The molecule has 5 rings (SSSR count). The molecule has 7 heteroatoms. The second kappa shape index (κ2) is 10.2. The number of nitrogens with one attached hydrogen (secondary N) is 1. The van der Waals surface area contributed by atoms with E-state index in [0.717, 1.165) is 11.1 Å². The number of nitrogens with zero attached hydrogens (tertiary/aromatic N) is 2. The lowest BCUT2D eigenvalue weighted by molar-refractivity contribution is -0.136. The van der Waals surface area contributed by atoms with Crippen molar-refractivity contribution in [2.45, 2.75) is 38.9 Å². The Labute approximate surface area is 216 Å². The molecule has 2 amide bonds. The van der Waals surface area contributed by atoms with Crippen molar-refractivity contribution in [3.63, 3.8) is 0 Å². The van der Waals surface area contributed by atoms with E-state index in [2.05, 4.69) is 5.32 Å². The van der Waals surface area contributed by atoms with Gasteiger partial charge >= 0.3 is 0 Å². The van der Waals surface area contributed by atoms with E-state index < -0.39 is 23.9 Å². The van der Waals surface area contributed by atoms with Crippen LogP contribution in [0.3, 0.4) is 0 Å². The number of aliphatic hydroxyl groups is 1. The van der Waals surface area contributed by atoms with Crippen LogP contribution in [0.25, 0.3) is 17.2 Å². The van der Waals surface area contributed by atoms with Gasteiger partial charge in [0.2, 0.25) is 11.8 Å². The number of carbonyl (C=O) groups excluding carboxylic acids is 2. The topological polar surface area (TPSA) is 91.6 Å². The van der Waals surface area contributed by atoms with Gasteiger partial charge in [0.25, 0.3) is 5.56 Å². The number of anilines is 1. The molecule has 2 bridgehead atoms. The van der Waals surface area contributed by atoms with E-state index >= 15 is 0 Å². The molecule has 1 fully saturated rings. The first-order valence-electron chi connectivity index (χ1n) is 12.7. The number of hydrogen-bond acceptors (Lipinski definition) is 4. The summed E-state index contributed by atoms with van der Waals surface area (Å²) in [5.41, 5.74) is 3.79. The monoisotopic (exact) mass is 497 g/mol. The zero-order chi connectivity index (χ0) is 26.1. The van der Waals surface area contributed by atoms with Crippen LogP contribution in [0.4, 0.5) is 5.69 Å². The molecule has 190 valence electrons. The highest BCUT2D eigenvalue weighted by Gasteiger charge is 2.57. The highest BCUT2D eigenvalue weighted by atomic mass is 16.3. The molecule has 37 heavy (non-hydrogen) atoms. The Morgan fingerprint density at radius 2 is 1.73 bits per heavy atom. The van der Waals surface area contributed by atoms with Crippen LogP contribution in [0.5, 0.6) is 0 Å². The van der Waals surface area contributed by atoms with Crippen LogP contribution in [0, 0.1) is 11.8 Å². The maximum absolute atomic E-state index is 13.7. The Balaban J connectivity index is 1.50. The van der Waals surface area contributed by atoms with Crippen LogP contribution in [0.2, 0.25) is 0 Å². The average Bonchev–Trinajstić information content (AvgIpc) is 3.17. The molecule has 0 saturated carbocycles. The minimum Gasteiger partial charge on any atom is -0.396 e. The molecule has 1 aromatic heterocycles. The highest BCUT2D eigenvalue weighted by Crippen LogP contribution is 2.48. The molecule has 0 radical (unpaired) electrons. The number of carbonyl (C=O) groups is 2. The molecule has 0 aliphatic carbocycles. The maximum Gasteiger partial charge on any atom is 0.258 e. The summed E-state index contributed by atoms with van der Waals surface area (Å²) in [6.07, 6.45) is 3.85. The Hall–Kier alpha value is -3.97. The number of fused-ring (bicyclic) bond motifs is 4.